The summed E-state index contributed by atoms with van der Waals surface area (Å²) >= 11 is 1.42. The average Bonchev–Trinajstić information content (AvgIpc) is 3.71. The summed E-state index contributed by atoms with van der Waals surface area (Å²) in [5.74, 6) is 1.21. The Bertz CT molecular complexity index is 2480. The van der Waals surface area contributed by atoms with E-state index in [0.29, 0.717) is 64.5 Å². The number of phenolic OH excluding ortho intramolecular Hbond substituents is 1. The number of aromatic hydroxyl groups is 1. The number of carbonyl (C=O) groups excluding carboxylic acids is 3. The number of hydrogen-bond acceptors (Lipinski definition) is 18. The van der Waals surface area contributed by atoms with E-state index in [1.807, 2.05) is 24.9 Å². The Hall–Kier alpha value is -5.14. The molecule has 2 saturated heterocycles. The fraction of sp³-hybridized carbons (Fsp3) is 0.553. The number of thioether (sulfide) groups is 1. The van der Waals surface area contributed by atoms with Crippen LogP contribution in [0.1, 0.15) is 103 Å². The number of fused-ring (bicyclic) bond motifs is 9. The van der Waals surface area contributed by atoms with Crippen molar-refractivity contribution in [3.63, 3.8) is 0 Å². The molecule has 3 aromatic carbocycles. The predicted molar refractivity (Wildman–Crippen MR) is 235 cm³/mol. The quantitative estimate of drug-likeness (QED) is 0.148. The van der Waals surface area contributed by atoms with Crippen LogP contribution in [-0.4, -0.2) is 115 Å². The molecule has 1 spiro atoms. The predicted octanol–water partition coefficient (Wildman–Crippen LogP) is 6.41. The highest BCUT2D eigenvalue weighted by molar-refractivity contribution is 7.99. The second kappa shape index (κ2) is 16.0. The number of nitrogens with one attached hydrogen (secondary N) is 1. The molecule has 10 rings (SSSR count). The van der Waals surface area contributed by atoms with Crippen molar-refractivity contribution < 1.29 is 67.2 Å². The Morgan fingerprint density at radius 1 is 0.877 bits per heavy atom. The Morgan fingerprint density at radius 2 is 1.57 bits per heavy atom. The standard InChI is InChI=1S/C47H57N3O14S/c1-21-14-24-15-26-41(52)50-27-18-58-42(53)47(25-17-28(56-10)29(16-23(25)12-13-48-47)61-43(54)63-45(3,4)5)19-65-40(32-31(27)38-37(59-20-60-38)22(2)35(32)51)34(50)33(49(26)9)30(24)39(36(21)57-11)62-44(55)64-46(6,7)8/h14,16-17,26-27,33-34,40-41,48,51-52H,12-13,15,18-20H2,1-11H3/t26-,27-,33-,34?,40+,41-,47+/m0/s1. The number of hydrogen-bond donors (Lipinski definition) is 3. The van der Waals surface area contributed by atoms with Crippen molar-refractivity contribution in [2.24, 2.45) is 0 Å². The molecule has 7 atom stereocenters. The lowest BCUT2D eigenvalue weighted by atomic mass is 9.73. The van der Waals surface area contributed by atoms with E-state index in [0.717, 1.165) is 16.7 Å². The van der Waals surface area contributed by atoms with E-state index in [4.69, 9.17) is 42.6 Å². The lowest BCUT2D eigenvalue weighted by molar-refractivity contribution is -0.186. The van der Waals surface area contributed by atoms with Crippen LogP contribution in [0.3, 0.4) is 0 Å². The summed E-state index contributed by atoms with van der Waals surface area (Å²) < 4.78 is 53.4. The zero-order valence-electron chi connectivity index (χ0n) is 38.5. The maximum absolute atomic E-state index is 15.0. The topological polar surface area (TPSA) is 193 Å². The van der Waals surface area contributed by atoms with E-state index in [1.54, 1.807) is 60.6 Å². The fourth-order valence-corrected chi connectivity index (χ4v) is 12.3. The molecule has 2 fully saturated rings. The van der Waals surface area contributed by atoms with Gasteiger partial charge in [-0.1, -0.05) is 6.07 Å². The molecule has 3 N–H and O–H groups in total. The maximum atomic E-state index is 15.0. The number of likely N-dealkylation sites (N-methyl/N-ethyl adjacent to an activating group) is 1. The first kappa shape index (κ1) is 45.0. The molecule has 0 radical (unpaired) electrons. The smallest absolute Gasteiger partial charge is 0.507 e. The van der Waals surface area contributed by atoms with Crippen LogP contribution in [0.4, 0.5) is 9.59 Å². The molecule has 1 unspecified atom stereocenters. The number of carbonyl (C=O) groups is 3. The number of aliphatic hydroxyl groups is 1. The molecule has 18 heteroatoms. The van der Waals surface area contributed by atoms with Crippen molar-refractivity contribution in [2.75, 3.05) is 47.0 Å². The van der Waals surface area contributed by atoms with Crippen molar-refractivity contribution in [1.82, 2.24) is 15.1 Å². The van der Waals surface area contributed by atoms with Gasteiger partial charge in [-0.3, -0.25) is 15.1 Å². The van der Waals surface area contributed by atoms with Gasteiger partial charge < -0.3 is 52.8 Å². The number of piperazine rings is 1. The minimum Gasteiger partial charge on any atom is -0.507 e. The number of aliphatic hydroxyl groups excluding tert-OH is 1. The van der Waals surface area contributed by atoms with Crippen LogP contribution in [0.5, 0.6) is 40.2 Å². The number of methoxy groups -OCH3 is 2. The molecule has 7 aliphatic rings. The molecule has 17 nitrogen and oxygen atoms in total. The molecule has 350 valence electrons. The normalized spacial score (nSPS) is 26.8. The van der Waals surface area contributed by atoms with Crippen molar-refractivity contribution in [1.29, 1.82) is 0 Å². The van der Waals surface area contributed by atoms with E-state index in [9.17, 15) is 19.8 Å². The van der Waals surface area contributed by atoms with Gasteiger partial charge in [-0.2, -0.15) is 0 Å². The molecule has 4 bridgehead atoms. The van der Waals surface area contributed by atoms with Crippen molar-refractivity contribution in [2.45, 2.75) is 121 Å². The third-order valence-corrected chi connectivity index (χ3v) is 14.6. The van der Waals surface area contributed by atoms with Crippen LogP contribution in [0.15, 0.2) is 18.2 Å². The summed E-state index contributed by atoms with van der Waals surface area (Å²) in [5, 5.41) is 28.1. The minimum absolute atomic E-state index is 0.00281. The Labute approximate surface area is 381 Å². The first-order chi connectivity index (χ1) is 30.7. The van der Waals surface area contributed by atoms with Crippen molar-refractivity contribution in [3.05, 3.63) is 62.7 Å². The summed E-state index contributed by atoms with van der Waals surface area (Å²) in [6.07, 6.45) is -2.05. The Kier molecular flexibility index (Phi) is 11.1. The summed E-state index contributed by atoms with van der Waals surface area (Å²) in [4.78, 5) is 45.6. The second-order valence-electron chi connectivity index (χ2n) is 19.4. The number of esters is 1. The molecule has 3 aromatic rings. The van der Waals surface area contributed by atoms with E-state index >= 15 is 4.79 Å². The van der Waals surface area contributed by atoms with E-state index in [1.165, 1.54) is 26.0 Å². The minimum atomic E-state index is -1.46. The second-order valence-corrected chi connectivity index (χ2v) is 20.6. The molecule has 7 aliphatic heterocycles. The summed E-state index contributed by atoms with van der Waals surface area (Å²) in [6.45, 7) is 14.2. The van der Waals surface area contributed by atoms with Crippen LogP contribution in [0, 0.1) is 13.8 Å². The van der Waals surface area contributed by atoms with Gasteiger partial charge in [0, 0.05) is 40.6 Å². The Morgan fingerprint density at radius 3 is 2.25 bits per heavy atom. The van der Waals surface area contributed by atoms with E-state index < -0.39 is 70.7 Å². The Balaban J connectivity index is 1.23. The van der Waals surface area contributed by atoms with Gasteiger partial charge in [0.05, 0.1) is 37.6 Å². The lowest BCUT2D eigenvalue weighted by Gasteiger charge is -2.62. The third kappa shape index (κ3) is 7.35. The molecular weight excluding hydrogens is 863 g/mol. The first-order valence-corrected chi connectivity index (χ1v) is 22.8. The monoisotopic (exact) mass is 919 g/mol. The van der Waals surface area contributed by atoms with E-state index in [2.05, 4.69) is 10.2 Å². The highest BCUT2D eigenvalue weighted by atomic mass is 32.2. The van der Waals surface area contributed by atoms with Gasteiger partial charge in [0.1, 0.15) is 29.8 Å². The van der Waals surface area contributed by atoms with Gasteiger partial charge in [0.25, 0.3) is 0 Å². The lowest BCUT2D eigenvalue weighted by Crippen LogP contribution is -2.70. The summed E-state index contributed by atoms with van der Waals surface area (Å²) in [5.41, 5.74) is 2.08. The number of rotatable bonds is 4. The number of aryl methyl sites for hydroxylation is 1. The first-order valence-electron chi connectivity index (χ1n) is 21.8. The average molecular weight is 920 g/mol. The zero-order chi connectivity index (χ0) is 46.7. The molecule has 7 heterocycles. The van der Waals surface area contributed by atoms with Crippen LogP contribution in [0.2, 0.25) is 0 Å². The third-order valence-electron chi connectivity index (χ3n) is 13.2. The van der Waals surface area contributed by atoms with Crippen LogP contribution in [0.25, 0.3) is 0 Å². The van der Waals surface area contributed by atoms with Crippen molar-refractivity contribution in [3.8, 4) is 40.2 Å². The van der Waals surface area contributed by atoms with Gasteiger partial charge in [-0.25, -0.2) is 14.4 Å². The molecule has 0 amide bonds. The summed E-state index contributed by atoms with van der Waals surface area (Å²) in [7, 11) is 4.91. The SMILES string of the molecule is COc1cc2c(cc1OC(=O)OC(C)(C)C)CCN[C@]21CS[C@@H]2c3c(O)c(C)c4c(c3[C@H](COC1=O)N1C2[C@@H]2c3c(cc(C)c(OC)c3OC(=O)OC(C)(C)C)C[C@@H]([C@@H]1O)N2C)OCO4. The van der Waals surface area contributed by atoms with Gasteiger partial charge in [0.15, 0.2) is 40.0 Å². The highest BCUT2D eigenvalue weighted by Gasteiger charge is 2.61. The van der Waals surface area contributed by atoms with Gasteiger partial charge in [-0.15, -0.1) is 11.8 Å². The van der Waals surface area contributed by atoms with Gasteiger partial charge in [-0.05, 0) is 110 Å². The van der Waals surface area contributed by atoms with Gasteiger partial charge in [0.2, 0.25) is 6.79 Å². The zero-order valence-corrected chi connectivity index (χ0v) is 39.4. The molecule has 0 aliphatic carbocycles. The maximum Gasteiger partial charge on any atom is 0.514 e. The van der Waals surface area contributed by atoms with Crippen LogP contribution in [-0.2, 0) is 37.4 Å². The number of nitrogens with zero attached hydrogens (tertiary/aromatic N) is 2. The molecule has 65 heavy (non-hydrogen) atoms. The molecular formula is C47H57N3O14S. The number of benzene rings is 3. The van der Waals surface area contributed by atoms with Crippen molar-refractivity contribution >= 4 is 30.0 Å². The fourth-order valence-electron chi connectivity index (χ4n) is 10.6. The van der Waals surface area contributed by atoms with Crippen LogP contribution >= 0.6 is 11.8 Å². The largest absolute Gasteiger partial charge is 0.514 e. The summed E-state index contributed by atoms with van der Waals surface area (Å²) in [6, 6.07) is 2.83. The highest BCUT2D eigenvalue weighted by Crippen LogP contribution is 2.64. The van der Waals surface area contributed by atoms with Crippen LogP contribution < -0.4 is 33.7 Å². The number of phenols is 1. The van der Waals surface area contributed by atoms with E-state index in [-0.39, 0.29) is 42.2 Å². The molecule has 0 saturated carbocycles. The number of ether oxygens (including phenoxy) is 9. The van der Waals surface area contributed by atoms with Gasteiger partial charge >= 0.3 is 18.3 Å². The molecule has 0 aromatic heterocycles.